The molecule has 1 aliphatic rings. The Labute approximate surface area is 134 Å². The first-order valence-corrected chi connectivity index (χ1v) is 7.81. The third-order valence-corrected chi connectivity index (χ3v) is 4.72. The SMILES string of the molecule is CC(=O)c1ccc2cccc3c2c1CC3C(=O)c1ccccc1. The Morgan fingerprint density at radius 3 is 2.43 bits per heavy atom. The number of ketones is 2. The molecule has 0 fully saturated rings. The molecule has 2 nitrogen and oxygen atoms in total. The van der Waals surface area contributed by atoms with Gasteiger partial charge in [0.05, 0.1) is 5.92 Å². The lowest BCUT2D eigenvalue weighted by atomic mass is 9.91. The van der Waals surface area contributed by atoms with Gasteiger partial charge in [0, 0.05) is 11.1 Å². The largest absolute Gasteiger partial charge is 0.295 e. The molecule has 0 saturated heterocycles. The van der Waals surface area contributed by atoms with E-state index < -0.39 is 0 Å². The van der Waals surface area contributed by atoms with E-state index in [2.05, 4.69) is 0 Å². The Kier molecular flexibility index (Phi) is 3.12. The highest BCUT2D eigenvalue weighted by atomic mass is 16.1. The maximum absolute atomic E-state index is 13.0. The van der Waals surface area contributed by atoms with E-state index in [1.807, 2.05) is 60.7 Å². The number of hydrogen-bond acceptors (Lipinski definition) is 2. The molecule has 0 spiro atoms. The summed E-state index contributed by atoms with van der Waals surface area (Å²) in [5.41, 5.74) is 3.55. The summed E-state index contributed by atoms with van der Waals surface area (Å²) in [6.45, 7) is 1.59. The summed E-state index contributed by atoms with van der Waals surface area (Å²) < 4.78 is 0. The van der Waals surface area contributed by atoms with Crippen molar-refractivity contribution in [3.63, 3.8) is 0 Å². The molecule has 1 atom stereocenters. The van der Waals surface area contributed by atoms with Gasteiger partial charge in [-0.05, 0) is 35.2 Å². The Balaban J connectivity index is 1.89. The van der Waals surface area contributed by atoms with Crippen LogP contribution in [0.4, 0.5) is 0 Å². The quantitative estimate of drug-likeness (QED) is 0.664. The Morgan fingerprint density at radius 2 is 1.70 bits per heavy atom. The summed E-state index contributed by atoms with van der Waals surface area (Å²) in [5, 5.41) is 2.19. The second-order valence-electron chi connectivity index (χ2n) is 6.08. The van der Waals surface area contributed by atoms with E-state index in [0.717, 1.165) is 33.0 Å². The van der Waals surface area contributed by atoms with Crippen molar-refractivity contribution in [2.45, 2.75) is 19.3 Å². The number of carbonyl (C=O) groups is 2. The molecule has 23 heavy (non-hydrogen) atoms. The summed E-state index contributed by atoms with van der Waals surface area (Å²) >= 11 is 0. The predicted molar refractivity (Wildman–Crippen MR) is 91.2 cm³/mol. The lowest BCUT2D eigenvalue weighted by Crippen LogP contribution is -2.12. The van der Waals surface area contributed by atoms with Gasteiger partial charge in [-0.15, -0.1) is 0 Å². The lowest BCUT2D eigenvalue weighted by molar-refractivity contribution is 0.0958. The number of Topliss-reactive ketones (excluding diaryl/α,β-unsaturated/α-hetero) is 2. The van der Waals surface area contributed by atoms with Crippen molar-refractivity contribution >= 4 is 22.3 Å². The fraction of sp³-hybridized carbons (Fsp3) is 0.143. The van der Waals surface area contributed by atoms with E-state index in [0.29, 0.717) is 6.42 Å². The Bertz CT molecular complexity index is 939. The predicted octanol–water partition coefficient (Wildman–Crippen LogP) is 4.57. The third kappa shape index (κ3) is 2.10. The Hall–Kier alpha value is -2.74. The molecule has 1 aliphatic carbocycles. The van der Waals surface area contributed by atoms with Crippen molar-refractivity contribution in [2.75, 3.05) is 0 Å². The molecule has 0 saturated carbocycles. The smallest absolute Gasteiger partial charge is 0.170 e. The van der Waals surface area contributed by atoms with Crippen molar-refractivity contribution in [1.82, 2.24) is 0 Å². The summed E-state index contributed by atoms with van der Waals surface area (Å²) in [4.78, 5) is 24.9. The highest BCUT2D eigenvalue weighted by Crippen LogP contribution is 2.41. The van der Waals surface area contributed by atoms with Crippen LogP contribution in [-0.4, -0.2) is 11.6 Å². The maximum Gasteiger partial charge on any atom is 0.170 e. The molecule has 3 aromatic carbocycles. The monoisotopic (exact) mass is 300 g/mol. The second kappa shape index (κ2) is 5.17. The van der Waals surface area contributed by atoms with Crippen LogP contribution in [0.1, 0.15) is 44.7 Å². The summed E-state index contributed by atoms with van der Waals surface area (Å²) in [6, 6.07) is 19.3. The first kappa shape index (κ1) is 13.9. The average Bonchev–Trinajstić information content (AvgIpc) is 2.96. The van der Waals surface area contributed by atoms with E-state index in [4.69, 9.17) is 0 Å². The van der Waals surface area contributed by atoms with E-state index in [9.17, 15) is 9.59 Å². The van der Waals surface area contributed by atoms with Crippen LogP contribution in [0, 0.1) is 0 Å². The van der Waals surface area contributed by atoms with E-state index in [-0.39, 0.29) is 17.5 Å². The molecule has 0 amide bonds. The van der Waals surface area contributed by atoms with Crippen molar-refractivity contribution in [3.05, 3.63) is 82.9 Å². The zero-order valence-corrected chi connectivity index (χ0v) is 12.9. The summed E-state index contributed by atoms with van der Waals surface area (Å²) in [5.74, 6) is -0.00934. The van der Waals surface area contributed by atoms with Gasteiger partial charge in [0.15, 0.2) is 11.6 Å². The van der Waals surface area contributed by atoms with Gasteiger partial charge in [-0.3, -0.25) is 9.59 Å². The van der Waals surface area contributed by atoms with Gasteiger partial charge in [0.1, 0.15) is 0 Å². The molecule has 1 unspecified atom stereocenters. The molecule has 4 rings (SSSR count). The van der Waals surface area contributed by atoms with Gasteiger partial charge in [0.25, 0.3) is 0 Å². The van der Waals surface area contributed by atoms with Gasteiger partial charge in [-0.2, -0.15) is 0 Å². The molecular weight excluding hydrogens is 284 g/mol. The third-order valence-electron chi connectivity index (χ3n) is 4.72. The molecular formula is C21H16O2. The van der Waals surface area contributed by atoms with Crippen LogP contribution in [-0.2, 0) is 6.42 Å². The molecule has 3 aromatic rings. The van der Waals surface area contributed by atoms with Crippen LogP contribution in [0.5, 0.6) is 0 Å². The molecule has 0 aliphatic heterocycles. The fourth-order valence-corrected chi connectivity index (χ4v) is 3.67. The molecule has 0 N–H and O–H groups in total. The van der Waals surface area contributed by atoms with Crippen LogP contribution in [0.2, 0.25) is 0 Å². The first-order valence-electron chi connectivity index (χ1n) is 7.81. The normalized spacial score (nSPS) is 15.8. The highest BCUT2D eigenvalue weighted by Gasteiger charge is 2.32. The van der Waals surface area contributed by atoms with Crippen molar-refractivity contribution in [1.29, 1.82) is 0 Å². The standard InChI is InChI=1S/C21H16O2/c1-13(22)16-11-10-14-8-5-9-17-19(12-18(16)20(14)17)21(23)15-6-3-2-4-7-15/h2-11,19H,12H2,1H3. The number of hydrogen-bond donors (Lipinski definition) is 0. The lowest BCUT2D eigenvalue weighted by Gasteiger charge is -2.10. The minimum absolute atomic E-state index is 0.0597. The van der Waals surface area contributed by atoms with Crippen molar-refractivity contribution < 1.29 is 9.59 Å². The average molecular weight is 300 g/mol. The molecule has 0 heterocycles. The fourth-order valence-electron chi connectivity index (χ4n) is 3.67. The van der Waals surface area contributed by atoms with E-state index in [1.165, 1.54) is 0 Å². The number of benzene rings is 3. The van der Waals surface area contributed by atoms with Crippen LogP contribution in [0.3, 0.4) is 0 Å². The van der Waals surface area contributed by atoms with Crippen LogP contribution < -0.4 is 0 Å². The Morgan fingerprint density at radius 1 is 0.913 bits per heavy atom. The zero-order valence-electron chi connectivity index (χ0n) is 12.9. The number of rotatable bonds is 3. The number of carbonyl (C=O) groups excluding carboxylic acids is 2. The summed E-state index contributed by atoms with van der Waals surface area (Å²) in [7, 11) is 0. The van der Waals surface area contributed by atoms with E-state index >= 15 is 0 Å². The maximum atomic E-state index is 13.0. The zero-order chi connectivity index (χ0) is 16.0. The van der Waals surface area contributed by atoms with Crippen LogP contribution in [0.25, 0.3) is 10.8 Å². The first-order chi connectivity index (χ1) is 11.2. The van der Waals surface area contributed by atoms with Gasteiger partial charge < -0.3 is 0 Å². The molecule has 0 aromatic heterocycles. The van der Waals surface area contributed by atoms with Crippen LogP contribution >= 0.6 is 0 Å². The minimum atomic E-state index is -0.198. The topological polar surface area (TPSA) is 34.1 Å². The molecule has 2 heteroatoms. The van der Waals surface area contributed by atoms with Gasteiger partial charge in [0.2, 0.25) is 0 Å². The van der Waals surface area contributed by atoms with Crippen molar-refractivity contribution in [2.24, 2.45) is 0 Å². The summed E-state index contributed by atoms with van der Waals surface area (Å²) in [6.07, 6.45) is 0.610. The molecule has 112 valence electrons. The van der Waals surface area contributed by atoms with Crippen LogP contribution in [0.15, 0.2) is 60.7 Å². The minimum Gasteiger partial charge on any atom is -0.295 e. The van der Waals surface area contributed by atoms with Crippen molar-refractivity contribution in [3.8, 4) is 0 Å². The molecule has 0 bridgehead atoms. The second-order valence-corrected chi connectivity index (χ2v) is 6.08. The van der Waals surface area contributed by atoms with Gasteiger partial charge in [-0.1, -0.05) is 60.7 Å². The van der Waals surface area contributed by atoms with Gasteiger partial charge >= 0.3 is 0 Å². The highest BCUT2D eigenvalue weighted by molar-refractivity contribution is 6.09. The van der Waals surface area contributed by atoms with Gasteiger partial charge in [-0.25, -0.2) is 0 Å². The van der Waals surface area contributed by atoms with E-state index in [1.54, 1.807) is 6.92 Å². The molecule has 0 radical (unpaired) electrons.